The average molecular weight is 510 g/mol. The van der Waals surface area contributed by atoms with Crippen molar-refractivity contribution in [3.63, 3.8) is 0 Å². The maximum Gasteiger partial charge on any atom is 0.283 e. The van der Waals surface area contributed by atoms with Gasteiger partial charge in [0.1, 0.15) is 24.0 Å². The molecule has 1 unspecified atom stereocenters. The lowest BCUT2D eigenvalue weighted by Crippen LogP contribution is -2.40. The Bertz CT molecular complexity index is 1320. The molecule has 0 amide bonds. The number of nitrogens with zero attached hydrogens (tertiary/aromatic N) is 3. The largest absolute Gasteiger partial charge is 0.490 e. The molecule has 1 fully saturated rings. The molecule has 4 aromatic rings. The van der Waals surface area contributed by atoms with E-state index >= 15 is 0 Å². The molecule has 1 atom stereocenters. The first-order valence-corrected chi connectivity index (χ1v) is 12.9. The van der Waals surface area contributed by atoms with E-state index in [1.54, 1.807) is 6.92 Å². The maximum absolute atomic E-state index is 10.7. The first-order valence-electron chi connectivity index (χ1n) is 12.5. The van der Waals surface area contributed by atoms with Crippen molar-refractivity contribution in [3.05, 3.63) is 64.5 Å². The van der Waals surface area contributed by atoms with Crippen LogP contribution in [-0.2, 0) is 0 Å². The highest BCUT2D eigenvalue weighted by atomic mass is 35.5. The van der Waals surface area contributed by atoms with Gasteiger partial charge in [-0.25, -0.2) is 0 Å². The molecule has 0 radical (unpaired) electrons. The highest BCUT2D eigenvalue weighted by molar-refractivity contribution is 6.31. The van der Waals surface area contributed by atoms with E-state index in [0.717, 1.165) is 36.3 Å². The van der Waals surface area contributed by atoms with Gasteiger partial charge in [-0.15, -0.1) is 10.2 Å². The zero-order chi connectivity index (χ0) is 25.2. The van der Waals surface area contributed by atoms with Crippen LogP contribution in [0.2, 0.25) is 5.02 Å². The molecule has 5 rings (SSSR count). The minimum atomic E-state index is -0.593. The summed E-state index contributed by atoms with van der Waals surface area (Å²) in [5.41, 5.74) is 3.25. The van der Waals surface area contributed by atoms with Gasteiger partial charge in [-0.05, 0) is 67.1 Å². The number of likely N-dealkylation sites (tertiary alicyclic amines) is 1. The third kappa shape index (κ3) is 5.43. The molecule has 7 nitrogen and oxygen atoms in total. The van der Waals surface area contributed by atoms with Crippen LogP contribution in [0.5, 0.6) is 5.75 Å². The number of fused-ring (bicyclic) bond motifs is 1. The second-order valence-electron chi connectivity index (χ2n) is 9.88. The molecule has 1 saturated heterocycles. The van der Waals surface area contributed by atoms with Gasteiger partial charge in [0.2, 0.25) is 5.89 Å². The van der Waals surface area contributed by atoms with E-state index in [1.165, 1.54) is 11.1 Å². The molecule has 2 aromatic heterocycles. The quantitative estimate of drug-likeness (QED) is 0.303. The number of aliphatic hydroxyl groups excluding tert-OH is 1. The molecule has 3 heterocycles. The molecule has 190 valence electrons. The molecule has 36 heavy (non-hydrogen) atoms. The van der Waals surface area contributed by atoms with Crippen LogP contribution in [0.4, 0.5) is 0 Å². The molecular formula is C28H32ClN3O4. The van der Waals surface area contributed by atoms with Gasteiger partial charge >= 0.3 is 0 Å². The fourth-order valence-electron chi connectivity index (χ4n) is 4.91. The predicted molar refractivity (Wildman–Crippen MR) is 140 cm³/mol. The summed E-state index contributed by atoms with van der Waals surface area (Å²) < 4.78 is 17.3. The zero-order valence-corrected chi connectivity index (χ0v) is 21.7. The minimum Gasteiger partial charge on any atom is -0.490 e. The summed E-state index contributed by atoms with van der Waals surface area (Å²) in [5, 5.41) is 20.2. The van der Waals surface area contributed by atoms with E-state index in [2.05, 4.69) is 41.1 Å². The fraction of sp³-hybridized carbons (Fsp3) is 0.429. The third-order valence-electron chi connectivity index (χ3n) is 6.86. The van der Waals surface area contributed by atoms with Crippen LogP contribution < -0.4 is 4.74 Å². The van der Waals surface area contributed by atoms with Crippen LogP contribution in [0.25, 0.3) is 22.6 Å². The molecular weight excluding hydrogens is 478 g/mol. The molecule has 1 aliphatic rings. The summed E-state index contributed by atoms with van der Waals surface area (Å²) in [6, 6.07) is 13.9. The lowest BCUT2D eigenvalue weighted by Gasteiger charge is -2.33. The van der Waals surface area contributed by atoms with Crippen LogP contribution in [0.15, 0.2) is 51.3 Å². The summed E-state index contributed by atoms with van der Waals surface area (Å²) in [7, 11) is 0. The third-order valence-corrected chi connectivity index (χ3v) is 7.20. The van der Waals surface area contributed by atoms with Crippen LogP contribution in [0.3, 0.4) is 0 Å². The number of ether oxygens (including phenoxy) is 1. The highest BCUT2D eigenvalue weighted by Crippen LogP contribution is 2.34. The van der Waals surface area contributed by atoms with Crippen LogP contribution in [0.1, 0.15) is 55.5 Å². The number of halogens is 1. The Morgan fingerprint density at radius 2 is 1.92 bits per heavy atom. The molecule has 0 saturated carbocycles. The molecule has 1 aliphatic heterocycles. The number of benzene rings is 2. The van der Waals surface area contributed by atoms with Gasteiger partial charge in [-0.1, -0.05) is 43.6 Å². The number of β-amino-alcohol motifs (C(OH)–C–C–N with tert-alkyl or cyclic N) is 1. The van der Waals surface area contributed by atoms with Crippen molar-refractivity contribution in [3.8, 4) is 17.4 Å². The van der Waals surface area contributed by atoms with E-state index in [0.29, 0.717) is 47.3 Å². The van der Waals surface area contributed by atoms with Gasteiger partial charge in [-0.2, -0.15) is 0 Å². The van der Waals surface area contributed by atoms with E-state index in [4.69, 9.17) is 25.2 Å². The SMILES string of the molecule is Cc1nnc(-c2cc3c(OCC(O)CN4CCC(c5ccc(Cl)c(C(C)C)c5)CC4)cccc3o2)o1. The predicted octanol–water partition coefficient (Wildman–Crippen LogP) is 6.19. The molecule has 2 aromatic carbocycles. The number of hydrogen-bond acceptors (Lipinski definition) is 7. The highest BCUT2D eigenvalue weighted by Gasteiger charge is 2.23. The Hall–Kier alpha value is -2.87. The van der Waals surface area contributed by atoms with Crippen LogP contribution in [0, 0.1) is 6.92 Å². The smallest absolute Gasteiger partial charge is 0.283 e. The van der Waals surface area contributed by atoms with Crippen molar-refractivity contribution >= 4 is 22.6 Å². The Morgan fingerprint density at radius 3 is 2.64 bits per heavy atom. The second-order valence-corrected chi connectivity index (χ2v) is 10.3. The number of furan rings is 1. The van der Waals surface area contributed by atoms with Gasteiger partial charge in [0.25, 0.3) is 5.89 Å². The standard InChI is InChI=1S/C28H32ClN3O4/c1-17(2)22-13-20(7-8-24(22)29)19-9-11-32(12-10-19)15-21(33)16-34-25-5-4-6-26-23(25)14-27(36-26)28-31-30-18(3)35-28/h4-8,13-14,17,19,21,33H,9-12,15-16H2,1-3H3. The first-order chi connectivity index (χ1) is 17.4. The van der Waals surface area contributed by atoms with Crippen molar-refractivity contribution in [2.24, 2.45) is 0 Å². The molecule has 1 N–H and O–H groups in total. The van der Waals surface area contributed by atoms with Crippen molar-refractivity contribution in [2.75, 3.05) is 26.2 Å². The molecule has 8 heteroatoms. The topological polar surface area (TPSA) is 84.8 Å². The van der Waals surface area contributed by atoms with Crippen molar-refractivity contribution in [1.82, 2.24) is 15.1 Å². The Morgan fingerprint density at radius 1 is 1.11 bits per heavy atom. The Balaban J connectivity index is 1.15. The average Bonchev–Trinajstić information content (AvgIpc) is 3.50. The molecule has 0 bridgehead atoms. The summed E-state index contributed by atoms with van der Waals surface area (Å²) in [5.74, 6) is 2.89. The normalized spacial score (nSPS) is 16.2. The van der Waals surface area contributed by atoms with Gasteiger partial charge in [-0.3, -0.25) is 0 Å². The number of rotatable bonds is 8. The number of hydrogen-bond donors (Lipinski definition) is 1. The van der Waals surface area contributed by atoms with Gasteiger partial charge in [0, 0.05) is 24.6 Å². The Labute approximate surface area is 216 Å². The van der Waals surface area contributed by atoms with Crippen LogP contribution in [-0.4, -0.2) is 52.5 Å². The number of aliphatic hydroxyl groups is 1. The summed E-state index contributed by atoms with van der Waals surface area (Å²) in [6.45, 7) is 8.77. The second kappa shape index (κ2) is 10.6. The minimum absolute atomic E-state index is 0.203. The van der Waals surface area contributed by atoms with Crippen molar-refractivity contribution in [2.45, 2.75) is 51.6 Å². The van der Waals surface area contributed by atoms with Crippen molar-refractivity contribution in [1.29, 1.82) is 0 Å². The zero-order valence-electron chi connectivity index (χ0n) is 20.9. The van der Waals surface area contributed by atoms with Gasteiger partial charge in [0.05, 0.1) is 5.39 Å². The number of aryl methyl sites for hydroxylation is 1. The Kier molecular flexibility index (Phi) is 7.32. The van der Waals surface area contributed by atoms with Gasteiger partial charge < -0.3 is 23.6 Å². The lowest BCUT2D eigenvalue weighted by atomic mass is 9.87. The van der Waals surface area contributed by atoms with Crippen LogP contribution >= 0.6 is 11.6 Å². The monoisotopic (exact) mass is 509 g/mol. The first kappa shape index (κ1) is 24.8. The summed E-state index contributed by atoms with van der Waals surface area (Å²) >= 11 is 6.38. The van der Waals surface area contributed by atoms with E-state index < -0.39 is 6.10 Å². The summed E-state index contributed by atoms with van der Waals surface area (Å²) in [6.07, 6.45) is 1.54. The lowest BCUT2D eigenvalue weighted by molar-refractivity contribution is 0.0599. The van der Waals surface area contributed by atoms with Gasteiger partial charge in [0.15, 0.2) is 5.76 Å². The molecule has 0 aliphatic carbocycles. The molecule has 0 spiro atoms. The number of aromatic nitrogens is 2. The fourth-order valence-corrected chi connectivity index (χ4v) is 5.24. The number of piperidine rings is 1. The van der Waals surface area contributed by atoms with E-state index in [1.807, 2.05) is 30.3 Å². The van der Waals surface area contributed by atoms with E-state index in [9.17, 15) is 5.11 Å². The van der Waals surface area contributed by atoms with Crippen molar-refractivity contribution < 1.29 is 18.7 Å². The van der Waals surface area contributed by atoms with E-state index in [-0.39, 0.29) is 6.61 Å². The summed E-state index contributed by atoms with van der Waals surface area (Å²) in [4.78, 5) is 2.32. The maximum atomic E-state index is 10.7.